The number of hydrogen-bond acceptors (Lipinski definition) is 7. The molecule has 7 nitrogen and oxygen atoms in total. The maximum absolute atomic E-state index is 5.51. The summed E-state index contributed by atoms with van der Waals surface area (Å²) in [5.41, 5.74) is 0. The van der Waals surface area contributed by atoms with Crippen molar-refractivity contribution >= 4 is 0 Å². The lowest BCUT2D eigenvalue weighted by Crippen LogP contribution is -2.22. The van der Waals surface area contributed by atoms with Gasteiger partial charge in [-0.15, -0.1) is 0 Å². The molecular weight excluding hydrogens is 374 g/mol. The van der Waals surface area contributed by atoms with Crippen LogP contribution in [0, 0.1) is 0 Å². The van der Waals surface area contributed by atoms with Crippen LogP contribution in [0.25, 0.3) is 0 Å². The number of rotatable bonds is 21. The largest absolute Gasteiger partial charge is 0.477 e. The van der Waals surface area contributed by atoms with Gasteiger partial charge in [-0.25, -0.2) is 0 Å². The number of methoxy groups -OCH3 is 1. The lowest BCUT2D eigenvalue weighted by atomic mass is 10.2. The lowest BCUT2D eigenvalue weighted by molar-refractivity contribution is -0.139. The average molecular weight is 422 g/mol. The molecule has 0 saturated carbocycles. The molecule has 29 heavy (non-hydrogen) atoms. The van der Waals surface area contributed by atoms with E-state index in [1.165, 1.54) is 19.3 Å². The highest BCUT2D eigenvalue weighted by Crippen LogP contribution is 2.04. The molecule has 0 radical (unpaired) electrons. The molecule has 0 heterocycles. The Hall–Kier alpha value is -0.860. The third-order valence-corrected chi connectivity index (χ3v) is 3.66. The van der Waals surface area contributed by atoms with Gasteiger partial charge in [-0.05, 0) is 33.3 Å². The van der Waals surface area contributed by atoms with Crippen molar-refractivity contribution in [2.45, 2.75) is 65.6 Å². The van der Waals surface area contributed by atoms with Gasteiger partial charge in [0.15, 0.2) is 12.2 Å². The minimum absolute atomic E-state index is 0.122. The van der Waals surface area contributed by atoms with Crippen LogP contribution in [0.2, 0.25) is 0 Å². The Morgan fingerprint density at radius 3 is 1.97 bits per heavy atom. The summed E-state index contributed by atoms with van der Waals surface area (Å²) in [7, 11) is 3.25. The Bertz CT molecular complexity index is 312. The average Bonchev–Trinajstić information content (AvgIpc) is 2.70. The summed E-state index contributed by atoms with van der Waals surface area (Å²) in [5.74, 6) is 0.574. The van der Waals surface area contributed by atoms with Crippen molar-refractivity contribution in [3.8, 4) is 0 Å². The van der Waals surface area contributed by atoms with Crippen LogP contribution in [-0.4, -0.2) is 73.3 Å². The van der Waals surface area contributed by atoms with Gasteiger partial charge in [-0.3, -0.25) is 0 Å². The zero-order chi connectivity index (χ0) is 22.0. The van der Waals surface area contributed by atoms with Crippen LogP contribution in [0.3, 0.4) is 0 Å². The summed E-state index contributed by atoms with van der Waals surface area (Å²) in [6, 6.07) is 0. The van der Waals surface area contributed by atoms with E-state index in [0.717, 1.165) is 32.4 Å². The minimum atomic E-state index is -0.122. The number of nitrogens with one attached hydrogen (secondary N) is 1. The standard InChI is InChI=1S/C20H41NO5.C2H6O/c1-5-8-9-10-14-22-15-16-23-17-18-26-19(4)21-13-11-12-20(24-6-2)25-7-3;1-3-2/h20-21H,4-18H2,1-3H3;1-2H3. The molecule has 0 amide bonds. The van der Waals surface area contributed by atoms with Gasteiger partial charge in [0.25, 0.3) is 0 Å². The van der Waals surface area contributed by atoms with Crippen LogP contribution in [0.1, 0.15) is 59.3 Å². The first-order valence-electron chi connectivity index (χ1n) is 11.0. The number of ether oxygens (including phenoxy) is 6. The SMILES string of the molecule is C=C(NCCCC(OCC)OCC)OCCOCCOCCCCCC.COC. The molecule has 0 aliphatic carbocycles. The van der Waals surface area contributed by atoms with E-state index in [1.54, 1.807) is 14.2 Å². The fourth-order valence-electron chi connectivity index (χ4n) is 2.31. The maximum atomic E-state index is 5.51. The van der Waals surface area contributed by atoms with Crippen molar-refractivity contribution in [3.05, 3.63) is 12.5 Å². The van der Waals surface area contributed by atoms with E-state index in [1.807, 2.05) is 13.8 Å². The van der Waals surface area contributed by atoms with Crippen LogP contribution >= 0.6 is 0 Å². The van der Waals surface area contributed by atoms with Gasteiger partial charge in [0.1, 0.15) is 6.61 Å². The lowest BCUT2D eigenvalue weighted by Gasteiger charge is -2.17. The third kappa shape index (κ3) is 27.1. The molecule has 0 saturated heterocycles. The number of unbranched alkanes of at least 4 members (excludes halogenated alkanes) is 3. The summed E-state index contributed by atoms with van der Waals surface area (Å²) < 4.78 is 31.7. The van der Waals surface area contributed by atoms with Crippen molar-refractivity contribution in [2.24, 2.45) is 0 Å². The predicted molar refractivity (Wildman–Crippen MR) is 118 cm³/mol. The van der Waals surface area contributed by atoms with E-state index in [2.05, 4.69) is 23.6 Å². The van der Waals surface area contributed by atoms with E-state index in [0.29, 0.717) is 45.5 Å². The Morgan fingerprint density at radius 1 is 0.793 bits per heavy atom. The highest BCUT2D eigenvalue weighted by atomic mass is 16.7. The predicted octanol–water partition coefficient (Wildman–Crippen LogP) is 4.12. The van der Waals surface area contributed by atoms with Gasteiger partial charge in [0.05, 0.1) is 19.8 Å². The molecule has 0 atom stereocenters. The molecule has 0 aliphatic rings. The second kappa shape index (κ2) is 27.1. The van der Waals surface area contributed by atoms with Gasteiger partial charge >= 0.3 is 0 Å². The third-order valence-electron chi connectivity index (χ3n) is 3.66. The summed E-state index contributed by atoms with van der Waals surface area (Å²) in [5, 5.41) is 3.15. The zero-order valence-electron chi connectivity index (χ0n) is 19.6. The first-order valence-corrected chi connectivity index (χ1v) is 11.0. The molecule has 1 N–H and O–H groups in total. The normalized spacial score (nSPS) is 10.6. The Balaban J connectivity index is 0. The van der Waals surface area contributed by atoms with Gasteiger partial charge in [-0.1, -0.05) is 26.2 Å². The Morgan fingerprint density at radius 2 is 1.38 bits per heavy atom. The van der Waals surface area contributed by atoms with Crippen LogP contribution in [0.4, 0.5) is 0 Å². The monoisotopic (exact) mass is 421 g/mol. The fraction of sp³-hybridized carbons (Fsp3) is 0.909. The highest BCUT2D eigenvalue weighted by Gasteiger charge is 2.07. The Kier molecular flexibility index (Phi) is 28.4. The second-order valence-corrected chi connectivity index (χ2v) is 6.37. The highest BCUT2D eigenvalue weighted by molar-refractivity contribution is 4.78. The van der Waals surface area contributed by atoms with E-state index >= 15 is 0 Å². The van der Waals surface area contributed by atoms with Crippen LogP contribution in [0.5, 0.6) is 0 Å². The molecule has 0 aliphatic heterocycles. The molecule has 7 heteroatoms. The van der Waals surface area contributed by atoms with Crippen LogP contribution < -0.4 is 5.32 Å². The van der Waals surface area contributed by atoms with Gasteiger partial charge in [0, 0.05) is 47.0 Å². The fourth-order valence-corrected chi connectivity index (χ4v) is 2.31. The van der Waals surface area contributed by atoms with Crippen molar-refractivity contribution in [3.63, 3.8) is 0 Å². The molecule has 0 aromatic carbocycles. The minimum Gasteiger partial charge on any atom is -0.477 e. The molecule has 0 fully saturated rings. The summed E-state index contributed by atoms with van der Waals surface area (Å²) in [4.78, 5) is 0. The smallest absolute Gasteiger partial charge is 0.179 e. The first-order chi connectivity index (χ1) is 14.2. The van der Waals surface area contributed by atoms with Crippen LogP contribution in [0.15, 0.2) is 12.5 Å². The van der Waals surface area contributed by atoms with Crippen molar-refractivity contribution in [2.75, 3.05) is 67.0 Å². The van der Waals surface area contributed by atoms with Gasteiger partial charge < -0.3 is 33.7 Å². The van der Waals surface area contributed by atoms with E-state index < -0.39 is 0 Å². The molecule has 176 valence electrons. The molecule has 0 spiro atoms. The molecule has 0 bridgehead atoms. The van der Waals surface area contributed by atoms with Crippen molar-refractivity contribution in [1.82, 2.24) is 5.32 Å². The number of hydrogen-bond donors (Lipinski definition) is 1. The van der Waals surface area contributed by atoms with E-state index in [-0.39, 0.29) is 6.29 Å². The first kappa shape index (κ1) is 30.3. The second-order valence-electron chi connectivity index (χ2n) is 6.37. The summed E-state index contributed by atoms with van der Waals surface area (Å²) in [6.07, 6.45) is 6.58. The van der Waals surface area contributed by atoms with Crippen molar-refractivity contribution in [1.29, 1.82) is 0 Å². The van der Waals surface area contributed by atoms with E-state index in [9.17, 15) is 0 Å². The molecule has 0 rings (SSSR count). The van der Waals surface area contributed by atoms with Gasteiger partial charge in [0.2, 0.25) is 0 Å². The van der Waals surface area contributed by atoms with Gasteiger partial charge in [-0.2, -0.15) is 0 Å². The summed E-state index contributed by atoms with van der Waals surface area (Å²) >= 11 is 0. The molecule has 0 unspecified atom stereocenters. The van der Waals surface area contributed by atoms with Crippen molar-refractivity contribution < 1.29 is 28.4 Å². The molecule has 0 aromatic rings. The molecule has 0 aromatic heterocycles. The Labute approximate surface area is 179 Å². The maximum Gasteiger partial charge on any atom is 0.179 e. The zero-order valence-corrected chi connectivity index (χ0v) is 19.6. The summed E-state index contributed by atoms with van der Waals surface area (Å²) in [6.45, 7) is 15.2. The quantitative estimate of drug-likeness (QED) is 0.170. The molecular formula is C22H47NO6. The van der Waals surface area contributed by atoms with Crippen LogP contribution in [-0.2, 0) is 28.4 Å². The topological polar surface area (TPSA) is 67.4 Å². The van der Waals surface area contributed by atoms with E-state index in [4.69, 9.17) is 23.7 Å².